The van der Waals surface area contributed by atoms with Gasteiger partial charge in [0.15, 0.2) is 0 Å². The number of amides is 1. The fourth-order valence-electron chi connectivity index (χ4n) is 0.966. The molecule has 0 aliphatic carbocycles. The molecule has 0 unspecified atom stereocenters. The van der Waals surface area contributed by atoms with E-state index in [9.17, 15) is 4.79 Å². The molecule has 1 amide bonds. The smallest absolute Gasteiger partial charge is 0.226 e. The minimum atomic E-state index is 0.0330. The van der Waals surface area contributed by atoms with E-state index in [-0.39, 0.29) is 5.91 Å². The van der Waals surface area contributed by atoms with Gasteiger partial charge in [-0.2, -0.15) is 0 Å². The monoisotopic (exact) mass is 213 g/mol. The molecule has 0 saturated heterocycles. The number of hydrogen-bond donors (Lipinski definition) is 1. The van der Waals surface area contributed by atoms with Crippen molar-refractivity contribution < 1.29 is 4.79 Å². The van der Waals surface area contributed by atoms with Crippen LogP contribution in [-0.2, 0) is 11.2 Å². The van der Waals surface area contributed by atoms with Crippen molar-refractivity contribution in [2.24, 2.45) is 0 Å². The van der Waals surface area contributed by atoms with Crippen LogP contribution in [0.25, 0.3) is 0 Å². The van der Waals surface area contributed by atoms with Gasteiger partial charge in [-0.05, 0) is 12.8 Å². The number of unbranched alkanes of at least 4 members (excludes halogenated alkanes) is 1. The van der Waals surface area contributed by atoms with Gasteiger partial charge in [-0.25, -0.2) is 0 Å². The Labute approximate surface area is 87.7 Å². The van der Waals surface area contributed by atoms with E-state index >= 15 is 0 Å². The first-order valence-electron chi connectivity index (χ1n) is 4.88. The van der Waals surface area contributed by atoms with Crippen LogP contribution >= 0.6 is 11.3 Å². The predicted octanol–water partition coefficient (Wildman–Crippen LogP) is 2.23. The second kappa shape index (κ2) is 5.70. The normalized spacial score (nSPS) is 10.1. The second-order valence-electron chi connectivity index (χ2n) is 3.01. The molecule has 1 N–H and O–H groups in total. The number of anilines is 1. The van der Waals surface area contributed by atoms with E-state index in [2.05, 4.69) is 22.4 Å². The highest BCUT2D eigenvalue weighted by Gasteiger charge is 2.06. The zero-order valence-corrected chi connectivity index (χ0v) is 9.36. The number of aryl methyl sites for hydroxylation is 1. The van der Waals surface area contributed by atoms with Crippen LogP contribution in [0.4, 0.5) is 5.13 Å². The molecule has 0 aliphatic heterocycles. The van der Waals surface area contributed by atoms with Crippen molar-refractivity contribution in [1.82, 2.24) is 10.2 Å². The van der Waals surface area contributed by atoms with Crippen molar-refractivity contribution in [1.29, 1.82) is 0 Å². The third-order valence-corrected chi connectivity index (χ3v) is 2.76. The summed E-state index contributed by atoms with van der Waals surface area (Å²) in [6.07, 6.45) is 3.38. The first-order chi connectivity index (χ1) is 6.76. The molecule has 5 heteroatoms. The lowest BCUT2D eigenvalue weighted by Crippen LogP contribution is -2.10. The van der Waals surface area contributed by atoms with Crippen molar-refractivity contribution in [3.63, 3.8) is 0 Å². The Kier molecular flexibility index (Phi) is 4.52. The number of carbonyl (C=O) groups is 1. The maximum atomic E-state index is 11.3. The lowest BCUT2D eigenvalue weighted by Gasteiger charge is -1.98. The summed E-state index contributed by atoms with van der Waals surface area (Å²) in [5, 5.41) is 12.1. The molecule has 1 rings (SSSR count). The highest BCUT2D eigenvalue weighted by atomic mass is 32.1. The van der Waals surface area contributed by atoms with Crippen LogP contribution < -0.4 is 5.32 Å². The Balaban J connectivity index is 2.39. The number of aromatic nitrogens is 2. The highest BCUT2D eigenvalue weighted by Crippen LogP contribution is 2.15. The van der Waals surface area contributed by atoms with Crippen LogP contribution in [0.5, 0.6) is 0 Å². The molecule has 0 bridgehead atoms. The summed E-state index contributed by atoms with van der Waals surface area (Å²) in [6.45, 7) is 4.08. The SMILES string of the molecule is CCCCC(=O)Nc1nnc(CC)s1. The number of nitrogens with one attached hydrogen (secondary N) is 1. The standard InChI is InChI=1S/C9H15N3OS/c1-3-5-6-7(13)10-9-12-11-8(4-2)14-9/h3-6H2,1-2H3,(H,10,12,13). The largest absolute Gasteiger partial charge is 0.301 e. The Bertz CT molecular complexity index is 298. The molecule has 0 saturated carbocycles. The predicted molar refractivity (Wildman–Crippen MR) is 57.4 cm³/mol. The Morgan fingerprint density at radius 2 is 2.21 bits per heavy atom. The van der Waals surface area contributed by atoms with Gasteiger partial charge >= 0.3 is 0 Å². The summed E-state index contributed by atoms with van der Waals surface area (Å²) >= 11 is 1.44. The summed E-state index contributed by atoms with van der Waals surface area (Å²) in [5.41, 5.74) is 0. The van der Waals surface area contributed by atoms with Crippen LogP contribution in [0.2, 0.25) is 0 Å². The zero-order valence-electron chi connectivity index (χ0n) is 8.54. The van der Waals surface area contributed by atoms with Crippen molar-refractivity contribution in [2.75, 3.05) is 5.32 Å². The van der Waals surface area contributed by atoms with Crippen molar-refractivity contribution >= 4 is 22.4 Å². The van der Waals surface area contributed by atoms with Gasteiger partial charge in [0, 0.05) is 6.42 Å². The minimum Gasteiger partial charge on any atom is -0.301 e. The Hall–Kier alpha value is -0.970. The topological polar surface area (TPSA) is 54.9 Å². The molecular weight excluding hydrogens is 198 g/mol. The average molecular weight is 213 g/mol. The van der Waals surface area contributed by atoms with Gasteiger partial charge < -0.3 is 5.32 Å². The molecule has 1 aromatic rings. The molecule has 1 aromatic heterocycles. The van der Waals surface area contributed by atoms with Crippen LogP contribution in [-0.4, -0.2) is 16.1 Å². The molecule has 78 valence electrons. The lowest BCUT2D eigenvalue weighted by molar-refractivity contribution is -0.116. The first kappa shape index (κ1) is 11.1. The highest BCUT2D eigenvalue weighted by molar-refractivity contribution is 7.15. The minimum absolute atomic E-state index is 0.0330. The summed E-state index contributed by atoms with van der Waals surface area (Å²) in [7, 11) is 0. The first-order valence-corrected chi connectivity index (χ1v) is 5.70. The second-order valence-corrected chi connectivity index (χ2v) is 4.07. The van der Waals surface area contributed by atoms with Gasteiger partial charge in [0.05, 0.1) is 0 Å². The van der Waals surface area contributed by atoms with Gasteiger partial charge in [-0.3, -0.25) is 4.79 Å². The van der Waals surface area contributed by atoms with Crippen LogP contribution in [0.3, 0.4) is 0 Å². The lowest BCUT2D eigenvalue weighted by atomic mass is 10.2. The maximum absolute atomic E-state index is 11.3. The number of hydrogen-bond acceptors (Lipinski definition) is 4. The van der Waals surface area contributed by atoms with E-state index in [0.29, 0.717) is 11.6 Å². The molecule has 0 spiro atoms. The van der Waals surface area contributed by atoms with E-state index in [4.69, 9.17) is 0 Å². The molecule has 14 heavy (non-hydrogen) atoms. The van der Waals surface area contributed by atoms with E-state index in [1.165, 1.54) is 11.3 Å². The van der Waals surface area contributed by atoms with Gasteiger partial charge in [0.1, 0.15) is 5.01 Å². The molecule has 0 radical (unpaired) electrons. The van der Waals surface area contributed by atoms with Crippen LogP contribution in [0, 0.1) is 0 Å². The van der Waals surface area contributed by atoms with Gasteiger partial charge in [0.2, 0.25) is 11.0 Å². The Morgan fingerprint density at radius 1 is 1.43 bits per heavy atom. The summed E-state index contributed by atoms with van der Waals surface area (Å²) in [6, 6.07) is 0. The third kappa shape index (κ3) is 3.41. The van der Waals surface area contributed by atoms with Crippen LogP contribution in [0.1, 0.15) is 38.1 Å². The molecule has 1 heterocycles. The summed E-state index contributed by atoms with van der Waals surface area (Å²) in [4.78, 5) is 11.3. The van der Waals surface area contributed by atoms with Gasteiger partial charge in [-0.15, -0.1) is 10.2 Å². The molecule has 0 fully saturated rings. The Morgan fingerprint density at radius 3 is 2.79 bits per heavy atom. The number of carbonyl (C=O) groups excluding carboxylic acids is 1. The number of rotatable bonds is 5. The fourth-order valence-corrected chi connectivity index (χ4v) is 1.66. The van der Waals surface area contributed by atoms with Gasteiger partial charge in [-0.1, -0.05) is 31.6 Å². The summed E-state index contributed by atoms with van der Waals surface area (Å²) < 4.78 is 0. The van der Waals surface area contributed by atoms with E-state index in [0.717, 1.165) is 24.3 Å². The molecule has 0 aromatic carbocycles. The summed E-state index contributed by atoms with van der Waals surface area (Å²) in [5.74, 6) is 0.0330. The quantitative estimate of drug-likeness (QED) is 0.816. The van der Waals surface area contributed by atoms with E-state index in [1.807, 2.05) is 6.92 Å². The maximum Gasteiger partial charge on any atom is 0.226 e. The molecule has 0 aliphatic rings. The molecular formula is C9H15N3OS. The van der Waals surface area contributed by atoms with Gasteiger partial charge in [0.25, 0.3) is 0 Å². The van der Waals surface area contributed by atoms with E-state index < -0.39 is 0 Å². The van der Waals surface area contributed by atoms with Crippen molar-refractivity contribution in [2.45, 2.75) is 39.5 Å². The van der Waals surface area contributed by atoms with E-state index in [1.54, 1.807) is 0 Å². The molecule has 4 nitrogen and oxygen atoms in total. The zero-order chi connectivity index (χ0) is 10.4. The third-order valence-electron chi connectivity index (χ3n) is 1.77. The molecule has 0 atom stereocenters. The van der Waals surface area contributed by atoms with Crippen molar-refractivity contribution in [3.05, 3.63) is 5.01 Å². The number of nitrogens with zero attached hydrogens (tertiary/aromatic N) is 2. The average Bonchev–Trinajstić information content (AvgIpc) is 2.62. The fraction of sp³-hybridized carbons (Fsp3) is 0.667. The van der Waals surface area contributed by atoms with Crippen molar-refractivity contribution in [3.8, 4) is 0 Å². The van der Waals surface area contributed by atoms with Crippen LogP contribution in [0.15, 0.2) is 0 Å².